The van der Waals surface area contributed by atoms with Crippen molar-refractivity contribution in [3.8, 4) is 0 Å². The molecule has 0 bridgehead atoms. The Kier molecular flexibility index (Phi) is 4.02. The van der Waals surface area contributed by atoms with Crippen LogP contribution in [0.5, 0.6) is 0 Å². The smallest absolute Gasteiger partial charge is 0.134 e. The number of pyridine rings is 1. The van der Waals surface area contributed by atoms with Crippen LogP contribution in [-0.4, -0.2) is 21.5 Å². The molecule has 0 saturated carbocycles. The van der Waals surface area contributed by atoms with Crippen LogP contribution in [0.3, 0.4) is 0 Å². The molecule has 1 atom stereocenters. The first-order valence-electron chi connectivity index (χ1n) is 7.35. The number of aromatic nitrogens is 3. The minimum Gasteiger partial charge on any atom is -0.310 e. The van der Waals surface area contributed by atoms with Gasteiger partial charge < -0.3 is 5.32 Å². The highest BCUT2D eigenvalue weighted by Gasteiger charge is 2.21. The molecule has 4 nitrogen and oxygen atoms in total. The lowest BCUT2D eigenvalue weighted by Crippen LogP contribution is -2.26. The number of hydrogen-bond donors (Lipinski definition) is 1. The van der Waals surface area contributed by atoms with E-state index < -0.39 is 0 Å². The van der Waals surface area contributed by atoms with E-state index >= 15 is 0 Å². The predicted molar refractivity (Wildman–Crippen MR) is 78.4 cm³/mol. The van der Waals surface area contributed by atoms with Gasteiger partial charge in [0.1, 0.15) is 5.82 Å². The summed E-state index contributed by atoms with van der Waals surface area (Å²) in [6, 6.07) is 6.37. The van der Waals surface area contributed by atoms with Gasteiger partial charge in [0.25, 0.3) is 0 Å². The maximum absolute atomic E-state index is 4.75. The van der Waals surface area contributed by atoms with Crippen LogP contribution in [-0.2, 0) is 12.8 Å². The van der Waals surface area contributed by atoms with Crippen molar-refractivity contribution in [3.05, 3.63) is 53.4 Å². The summed E-state index contributed by atoms with van der Waals surface area (Å²) in [5, 5.41) is 3.52. The molecule has 0 aliphatic heterocycles. The van der Waals surface area contributed by atoms with E-state index in [4.69, 9.17) is 4.98 Å². The van der Waals surface area contributed by atoms with Crippen molar-refractivity contribution in [1.29, 1.82) is 0 Å². The first-order valence-corrected chi connectivity index (χ1v) is 7.35. The molecule has 104 valence electrons. The first-order chi connectivity index (χ1) is 9.86. The first kappa shape index (κ1) is 13.2. The van der Waals surface area contributed by atoms with Gasteiger partial charge in [-0.3, -0.25) is 4.98 Å². The van der Waals surface area contributed by atoms with Gasteiger partial charge in [0.15, 0.2) is 0 Å². The SMILES string of the molecule is CCNC1CCCc2nc(Cc3ccccn3)ncc21. The van der Waals surface area contributed by atoms with E-state index in [9.17, 15) is 0 Å². The van der Waals surface area contributed by atoms with Gasteiger partial charge in [-0.1, -0.05) is 13.0 Å². The molecule has 4 heteroatoms. The molecule has 0 amide bonds. The highest BCUT2D eigenvalue weighted by Crippen LogP contribution is 2.27. The molecular formula is C16H20N4. The molecule has 20 heavy (non-hydrogen) atoms. The van der Waals surface area contributed by atoms with E-state index in [0.717, 1.165) is 24.5 Å². The molecule has 0 spiro atoms. The zero-order chi connectivity index (χ0) is 13.8. The number of rotatable bonds is 4. The standard InChI is InChI=1S/C16H20N4/c1-2-17-14-7-5-8-15-13(14)11-19-16(20-15)10-12-6-3-4-9-18-12/h3-4,6,9,11,14,17H,2,5,7-8,10H2,1H3. The molecule has 2 aromatic rings. The molecule has 1 unspecified atom stereocenters. The van der Waals surface area contributed by atoms with E-state index in [2.05, 4.69) is 22.2 Å². The Labute approximate surface area is 119 Å². The lowest BCUT2D eigenvalue weighted by Gasteiger charge is -2.25. The van der Waals surface area contributed by atoms with Crippen LogP contribution in [0.4, 0.5) is 0 Å². The largest absolute Gasteiger partial charge is 0.310 e. The third-order valence-electron chi connectivity index (χ3n) is 3.75. The molecule has 1 aliphatic rings. The molecule has 0 radical (unpaired) electrons. The highest BCUT2D eigenvalue weighted by molar-refractivity contribution is 5.25. The lowest BCUT2D eigenvalue weighted by atomic mass is 9.92. The van der Waals surface area contributed by atoms with E-state index in [0.29, 0.717) is 12.5 Å². The van der Waals surface area contributed by atoms with Crippen LogP contribution >= 0.6 is 0 Å². The van der Waals surface area contributed by atoms with E-state index in [-0.39, 0.29) is 0 Å². The Hall–Kier alpha value is -1.81. The summed E-state index contributed by atoms with van der Waals surface area (Å²) in [4.78, 5) is 13.6. The molecule has 0 fully saturated rings. The summed E-state index contributed by atoms with van der Waals surface area (Å²) in [6.45, 7) is 3.13. The zero-order valence-electron chi connectivity index (χ0n) is 11.8. The van der Waals surface area contributed by atoms with Crippen molar-refractivity contribution >= 4 is 0 Å². The predicted octanol–water partition coefficient (Wildman–Crippen LogP) is 2.45. The monoisotopic (exact) mass is 268 g/mol. The maximum atomic E-state index is 4.75. The van der Waals surface area contributed by atoms with Gasteiger partial charge in [0.05, 0.1) is 6.42 Å². The van der Waals surface area contributed by atoms with E-state index in [1.807, 2.05) is 30.6 Å². The molecule has 3 rings (SSSR count). The topological polar surface area (TPSA) is 50.7 Å². The summed E-state index contributed by atoms with van der Waals surface area (Å²) in [5.41, 5.74) is 3.51. The average Bonchev–Trinajstić information content (AvgIpc) is 2.49. The molecule has 1 N–H and O–H groups in total. The van der Waals surface area contributed by atoms with E-state index in [1.165, 1.54) is 24.1 Å². The molecule has 0 aromatic carbocycles. The number of nitrogens with one attached hydrogen (secondary N) is 1. The quantitative estimate of drug-likeness (QED) is 0.925. The average molecular weight is 268 g/mol. The van der Waals surface area contributed by atoms with Gasteiger partial charge in [-0.05, 0) is 37.9 Å². The summed E-state index contributed by atoms with van der Waals surface area (Å²) in [7, 11) is 0. The van der Waals surface area contributed by atoms with Crippen LogP contribution in [0.1, 0.15) is 48.6 Å². The van der Waals surface area contributed by atoms with Crippen LogP contribution in [0.2, 0.25) is 0 Å². The summed E-state index contributed by atoms with van der Waals surface area (Å²) < 4.78 is 0. The Balaban J connectivity index is 1.82. The highest BCUT2D eigenvalue weighted by atomic mass is 14.9. The second-order valence-electron chi connectivity index (χ2n) is 5.19. The Morgan fingerprint density at radius 2 is 2.25 bits per heavy atom. The Bertz CT molecular complexity index is 568. The summed E-state index contributed by atoms with van der Waals surface area (Å²) >= 11 is 0. The summed E-state index contributed by atoms with van der Waals surface area (Å²) in [6.07, 6.45) is 7.98. The molecular weight excluding hydrogens is 248 g/mol. The molecule has 1 aliphatic carbocycles. The normalized spacial score (nSPS) is 17.8. The number of fused-ring (bicyclic) bond motifs is 1. The van der Waals surface area contributed by atoms with Crippen molar-refractivity contribution < 1.29 is 0 Å². The molecule has 2 heterocycles. The van der Waals surface area contributed by atoms with E-state index in [1.54, 1.807) is 0 Å². The third-order valence-corrected chi connectivity index (χ3v) is 3.75. The van der Waals surface area contributed by atoms with Crippen molar-refractivity contribution in [3.63, 3.8) is 0 Å². The Morgan fingerprint density at radius 1 is 1.30 bits per heavy atom. The van der Waals surface area contributed by atoms with Crippen LogP contribution in [0, 0.1) is 0 Å². The number of nitrogens with zero attached hydrogens (tertiary/aromatic N) is 3. The third kappa shape index (κ3) is 2.85. The Morgan fingerprint density at radius 3 is 3.05 bits per heavy atom. The van der Waals surface area contributed by atoms with Gasteiger partial charge in [-0.25, -0.2) is 9.97 Å². The van der Waals surface area contributed by atoms with Gasteiger partial charge in [0, 0.05) is 35.4 Å². The van der Waals surface area contributed by atoms with Gasteiger partial charge in [-0.15, -0.1) is 0 Å². The van der Waals surface area contributed by atoms with Crippen molar-refractivity contribution in [2.75, 3.05) is 6.54 Å². The molecule has 0 saturated heterocycles. The minimum absolute atomic E-state index is 0.424. The fraction of sp³-hybridized carbons (Fsp3) is 0.438. The van der Waals surface area contributed by atoms with Gasteiger partial charge in [0.2, 0.25) is 0 Å². The van der Waals surface area contributed by atoms with Crippen LogP contribution in [0.25, 0.3) is 0 Å². The summed E-state index contributed by atoms with van der Waals surface area (Å²) in [5.74, 6) is 0.875. The van der Waals surface area contributed by atoms with Gasteiger partial charge in [-0.2, -0.15) is 0 Å². The second-order valence-corrected chi connectivity index (χ2v) is 5.19. The van der Waals surface area contributed by atoms with Crippen molar-refractivity contribution in [1.82, 2.24) is 20.3 Å². The van der Waals surface area contributed by atoms with Crippen molar-refractivity contribution in [2.45, 2.75) is 38.6 Å². The number of aryl methyl sites for hydroxylation is 1. The van der Waals surface area contributed by atoms with Crippen molar-refractivity contribution in [2.24, 2.45) is 0 Å². The molecule has 2 aromatic heterocycles. The minimum atomic E-state index is 0.424. The number of hydrogen-bond acceptors (Lipinski definition) is 4. The maximum Gasteiger partial charge on any atom is 0.134 e. The van der Waals surface area contributed by atoms with Crippen LogP contribution in [0.15, 0.2) is 30.6 Å². The fourth-order valence-corrected chi connectivity index (χ4v) is 2.80. The fourth-order valence-electron chi connectivity index (χ4n) is 2.80. The lowest BCUT2D eigenvalue weighted by molar-refractivity contribution is 0.463. The zero-order valence-corrected chi connectivity index (χ0v) is 11.8. The van der Waals surface area contributed by atoms with Gasteiger partial charge >= 0.3 is 0 Å². The van der Waals surface area contributed by atoms with Crippen LogP contribution < -0.4 is 5.32 Å². The second kappa shape index (κ2) is 6.09.